The molecule has 9 heteroatoms. The maximum atomic E-state index is 12.8. The second kappa shape index (κ2) is 8.11. The van der Waals surface area contributed by atoms with E-state index in [0.717, 1.165) is 12.1 Å². The predicted molar refractivity (Wildman–Crippen MR) is 89.3 cm³/mol. The van der Waals surface area contributed by atoms with Crippen molar-refractivity contribution in [3.63, 3.8) is 0 Å². The first-order chi connectivity index (χ1) is 12.2. The average Bonchev–Trinajstić information content (AvgIpc) is 2.58. The Hall–Kier alpha value is -2.71. The highest BCUT2D eigenvalue weighted by atomic mass is 19.4. The van der Waals surface area contributed by atoms with Gasteiger partial charge in [0.1, 0.15) is 5.69 Å². The Morgan fingerprint density at radius 2 is 2.00 bits per heavy atom. The van der Waals surface area contributed by atoms with Gasteiger partial charge in [0.05, 0.1) is 5.56 Å². The van der Waals surface area contributed by atoms with Crippen molar-refractivity contribution < 1.29 is 18.0 Å². The van der Waals surface area contributed by atoms with E-state index >= 15 is 0 Å². The van der Waals surface area contributed by atoms with Gasteiger partial charge in [0.2, 0.25) is 5.91 Å². The number of nitrogens with zero attached hydrogens (tertiary/aromatic N) is 2. The highest BCUT2D eigenvalue weighted by Gasteiger charge is 2.30. The number of hydrogen-bond acceptors (Lipinski definition) is 4. The molecule has 0 fully saturated rings. The molecule has 1 heterocycles. The molecule has 1 aromatic carbocycles. The summed E-state index contributed by atoms with van der Waals surface area (Å²) in [6.45, 7) is 4.46. The number of benzene rings is 1. The Bertz CT molecular complexity index is 831. The third-order valence-electron chi connectivity index (χ3n) is 3.52. The van der Waals surface area contributed by atoms with Crippen LogP contribution in [-0.4, -0.2) is 27.6 Å². The van der Waals surface area contributed by atoms with Crippen molar-refractivity contribution in [3.05, 3.63) is 45.9 Å². The average molecular weight is 368 g/mol. The summed E-state index contributed by atoms with van der Waals surface area (Å²) in [6, 6.07) is 4.44. The first-order valence-corrected chi connectivity index (χ1v) is 8.07. The van der Waals surface area contributed by atoms with Gasteiger partial charge in [0.15, 0.2) is 5.82 Å². The quantitative estimate of drug-likeness (QED) is 0.820. The molecule has 26 heavy (non-hydrogen) atoms. The van der Waals surface area contributed by atoms with Gasteiger partial charge in [-0.3, -0.25) is 9.59 Å². The highest BCUT2D eigenvalue weighted by molar-refractivity contribution is 5.76. The SMILES string of the molecule is CC(C)CNC(=O)CCc1nnc(-c2cccc(C(F)(F)F)c2)[nH]c1=O. The van der Waals surface area contributed by atoms with Crippen LogP contribution in [0.3, 0.4) is 0 Å². The monoisotopic (exact) mass is 368 g/mol. The number of aryl methyl sites for hydroxylation is 1. The summed E-state index contributed by atoms with van der Waals surface area (Å²) in [6.07, 6.45) is -4.32. The number of rotatable bonds is 6. The van der Waals surface area contributed by atoms with Crippen LogP contribution in [0.2, 0.25) is 0 Å². The van der Waals surface area contributed by atoms with Crippen LogP contribution in [0.15, 0.2) is 29.1 Å². The molecule has 0 bridgehead atoms. The number of carbonyl (C=O) groups is 1. The number of halogens is 3. The molecule has 2 N–H and O–H groups in total. The Morgan fingerprint density at radius 3 is 2.62 bits per heavy atom. The van der Waals surface area contributed by atoms with Crippen molar-refractivity contribution in [1.82, 2.24) is 20.5 Å². The van der Waals surface area contributed by atoms with Crippen LogP contribution in [0.4, 0.5) is 13.2 Å². The molecule has 6 nitrogen and oxygen atoms in total. The zero-order chi connectivity index (χ0) is 19.3. The van der Waals surface area contributed by atoms with E-state index < -0.39 is 17.3 Å². The van der Waals surface area contributed by atoms with E-state index in [0.29, 0.717) is 12.5 Å². The molecule has 0 aliphatic heterocycles. The zero-order valence-electron chi connectivity index (χ0n) is 14.4. The molecule has 0 unspecified atom stereocenters. The lowest BCUT2D eigenvalue weighted by molar-refractivity contribution is -0.137. The van der Waals surface area contributed by atoms with Gasteiger partial charge in [-0.05, 0) is 18.1 Å². The summed E-state index contributed by atoms with van der Waals surface area (Å²) in [4.78, 5) is 26.2. The fourth-order valence-corrected chi connectivity index (χ4v) is 2.13. The Labute approximate surface area is 147 Å². The standard InChI is InChI=1S/C17H19F3N4O2/c1-10(2)9-21-14(25)7-6-13-16(26)22-15(24-23-13)11-4-3-5-12(8-11)17(18,19)20/h3-5,8,10H,6-7,9H2,1-2H3,(H,21,25)(H,22,24,26). The summed E-state index contributed by atoms with van der Waals surface area (Å²) in [5, 5.41) is 10.3. The molecule has 0 saturated carbocycles. The molecule has 2 aromatic rings. The number of alkyl halides is 3. The smallest absolute Gasteiger partial charge is 0.356 e. The van der Waals surface area contributed by atoms with Gasteiger partial charge in [0.25, 0.3) is 5.56 Å². The molecule has 0 aliphatic rings. The molecule has 140 valence electrons. The van der Waals surface area contributed by atoms with Crippen molar-refractivity contribution in [2.45, 2.75) is 32.9 Å². The van der Waals surface area contributed by atoms with Crippen LogP contribution >= 0.6 is 0 Å². The molecular weight excluding hydrogens is 349 g/mol. The van der Waals surface area contributed by atoms with Crippen molar-refractivity contribution >= 4 is 5.91 Å². The number of hydrogen-bond donors (Lipinski definition) is 2. The normalized spacial score (nSPS) is 11.6. The van der Waals surface area contributed by atoms with Crippen LogP contribution in [0, 0.1) is 5.92 Å². The van der Waals surface area contributed by atoms with E-state index in [1.54, 1.807) is 0 Å². The maximum absolute atomic E-state index is 12.8. The lowest BCUT2D eigenvalue weighted by Gasteiger charge is -2.08. The first kappa shape index (κ1) is 19.6. The molecule has 1 amide bonds. The molecule has 0 atom stereocenters. The molecule has 0 radical (unpaired) electrons. The van der Waals surface area contributed by atoms with E-state index in [4.69, 9.17) is 0 Å². The predicted octanol–water partition coefficient (Wildman–Crippen LogP) is 2.56. The molecular formula is C17H19F3N4O2. The Morgan fingerprint density at radius 1 is 1.27 bits per heavy atom. The lowest BCUT2D eigenvalue weighted by atomic mass is 10.1. The van der Waals surface area contributed by atoms with Crippen molar-refractivity contribution in [3.8, 4) is 11.4 Å². The molecule has 0 spiro atoms. The van der Waals surface area contributed by atoms with Gasteiger partial charge in [-0.25, -0.2) is 0 Å². The minimum Gasteiger partial charge on any atom is -0.356 e. The summed E-state index contributed by atoms with van der Waals surface area (Å²) >= 11 is 0. The number of amides is 1. The van der Waals surface area contributed by atoms with E-state index in [1.807, 2.05) is 13.8 Å². The van der Waals surface area contributed by atoms with Crippen molar-refractivity contribution in [2.75, 3.05) is 6.54 Å². The largest absolute Gasteiger partial charge is 0.416 e. The number of nitrogens with one attached hydrogen (secondary N) is 2. The zero-order valence-corrected chi connectivity index (χ0v) is 14.4. The summed E-state index contributed by atoms with van der Waals surface area (Å²) in [5.74, 6) is 0.0462. The Kier molecular flexibility index (Phi) is 6.12. The number of aromatic amines is 1. The topological polar surface area (TPSA) is 87.7 Å². The fourth-order valence-electron chi connectivity index (χ4n) is 2.13. The molecule has 2 rings (SSSR count). The van der Waals surface area contributed by atoms with Gasteiger partial charge in [-0.15, -0.1) is 10.2 Å². The van der Waals surface area contributed by atoms with Crippen LogP contribution in [0.1, 0.15) is 31.5 Å². The van der Waals surface area contributed by atoms with Crippen molar-refractivity contribution in [1.29, 1.82) is 0 Å². The summed E-state index contributed by atoms with van der Waals surface area (Å²) in [7, 11) is 0. The number of carbonyl (C=O) groups excluding carboxylic acids is 1. The number of aromatic nitrogens is 3. The lowest BCUT2D eigenvalue weighted by Crippen LogP contribution is -2.28. The Balaban J connectivity index is 2.10. The van der Waals surface area contributed by atoms with Crippen LogP contribution in [0.25, 0.3) is 11.4 Å². The van der Waals surface area contributed by atoms with Gasteiger partial charge in [0, 0.05) is 24.9 Å². The highest BCUT2D eigenvalue weighted by Crippen LogP contribution is 2.31. The second-order valence-electron chi connectivity index (χ2n) is 6.23. The van der Waals surface area contributed by atoms with Gasteiger partial charge >= 0.3 is 6.18 Å². The van der Waals surface area contributed by atoms with E-state index in [9.17, 15) is 22.8 Å². The second-order valence-corrected chi connectivity index (χ2v) is 6.23. The summed E-state index contributed by atoms with van der Waals surface area (Å²) in [5.41, 5.74) is -1.27. The van der Waals surface area contributed by atoms with Gasteiger partial charge in [-0.2, -0.15) is 13.2 Å². The van der Waals surface area contributed by atoms with E-state index in [1.165, 1.54) is 12.1 Å². The van der Waals surface area contributed by atoms with Crippen LogP contribution in [0.5, 0.6) is 0 Å². The van der Waals surface area contributed by atoms with Gasteiger partial charge < -0.3 is 10.3 Å². The number of H-pyrrole nitrogens is 1. The molecule has 1 aromatic heterocycles. The van der Waals surface area contributed by atoms with Crippen molar-refractivity contribution in [2.24, 2.45) is 5.92 Å². The maximum Gasteiger partial charge on any atom is 0.416 e. The minimum absolute atomic E-state index is 0.0559. The van der Waals surface area contributed by atoms with Gasteiger partial charge in [-0.1, -0.05) is 26.0 Å². The minimum atomic E-state index is -4.49. The van der Waals surface area contributed by atoms with Crippen LogP contribution < -0.4 is 10.9 Å². The first-order valence-electron chi connectivity index (χ1n) is 8.07. The third kappa shape index (κ3) is 5.40. The van der Waals surface area contributed by atoms with E-state index in [2.05, 4.69) is 20.5 Å². The van der Waals surface area contributed by atoms with Crippen LogP contribution in [-0.2, 0) is 17.4 Å². The molecule has 0 aliphatic carbocycles. The van der Waals surface area contributed by atoms with E-state index in [-0.39, 0.29) is 35.8 Å². The third-order valence-corrected chi connectivity index (χ3v) is 3.52. The fraction of sp³-hybridized carbons (Fsp3) is 0.412. The summed E-state index contributed by atoms with van der Waals surface area (Å²) < 4.78 is 38.3. The molecule has 0 saturated heterocycles.